The third kappa shape index (κ3) is 5.59. The lowest BCUT2D eigenvalue weighted by atomic mass is 9.95. The number of hydrogen-bond acceptors (Lipinski definition) is 6. The van der Waals surface area contributed by atoms with E-state index >= 15 is 0 Å². The van der Waals surface area contributed by atoms with Crippen molar-refractivity contribution in [3.8, 4) is 5.75 Å². The Hall–Kier alpha value is -3.52. The SMILES string of the molecule is CCC(c1nnnn1C1CCCCC1)N(Cc1ccc(C)cc1)Cc1cc2cc(OC)ccc2[nH]c1=O. The highest BCUT2D eigenvalue weighted by Gasteiger charge is 2.29. The van der Waals surface area contributed by atoms with Crippen LogP contribution in [0.15, 0.2) is 53.3 Å². The molecule has 2 aromatic carbocycles. The Morgan fingerprint density at radius 2 is 1.86 bits per heavy atom. The van der Waals surface area contributed by atoms with Gasteiger partial charge < -0.3 is 9.72 Å². The Bertz CT molecular complexity index is 1390. The smallest absolute Gasteiger partial charge is 0.252 e. The van der Waals surface area contributed by atoms with E-state index < -0.39 is 0 Å². The number of methoxy groups -OCH3 is 1. The Morgan fingerprint density at radius 3 is 2.59 bits per heavy atom. The average molecular weight is 501 g/mol. The predicted molar refractivity (Wildman–Crippen MR) is 145 cm³/mol. The minimum absolute atomic E-state index is 0.0290. The molecule has 4 aromatic rings. The number of rotatable bonds is 9. The van der Waals surface area contributed by atoms with Crippen molar-refractivity contribution in [1.82, 2.24) is 30.1 Å². The lowest BCUT2D eigenvalue weighted by molar-refractivity contribution is 0.155. The van der Waals surface area contributed by atoms with Crippen molar-refractivity contribution >= 4 is 10.9 Å². The van der Waals surface area contributed by atoms with Gasteiger partial charge in [0.05, 0.1) is 19.2 Å². The van der Waals surface area contributed by atoms with Crippen LogP contribution in [0.4, 0.5) is 0 Å². The van der Waals surface area contributed by atoms with Crippen molar-refractivity contribution in [2.45, 2.75) is 77.5 Å². The van der Waals surface area contributed by atoms with Crippen LogP contribution < -0.4 is 10.3 Å². The summed E-state index contributed by atoms with van der Waals surface area (Å²) in [6.45, 7) is 5.43. The minimum Gasteiger partial charge on any atom is -0.497 e. The molecule has 2 aromatic heterocycles. The lowest BCUT2D eigenvalue weighted by Crippen LogP contribution is -2.33. The van der Waals surface area contributed by atoms with E-state index in [9.17, 15) is 4.79 Å². The Morgan fingerprint density at radius 1 is 1.08 bits per heavy atom. The summed E-state index contributed by atoms with van der Waals surface area (Å²) < 4.78 is 7.47. The van der Waals surface area contributed by atoms with E-state index in [0.717, 1.165) is 41.7 Å². The molecular formula is C29H36N6O2. The zero-order valence-electron chi connectivity index (χ0n) is 22.0. The summed E-state index contributed by atoms with van der Waals surface area (Å²) in [5, 5.41) is 14.0. The van der Waals surface area contributed by atoms with Crippen LogP contribution in [0.5, 0.6) is 5.75 Å². The molecule has 1 atom stereocenters. The molecule has 1 fully saturated rings. The summed E-state index contributed by atoms with van der Waals surface area (Å²) >= 11 is 0. The van der Waals surface area contributed by atoms with Crippen LogP contribution >= 0.6 is 0 Å². The van der Waals surface area contributed by atoms with Crippen LogP contribution in [0.1, 0.15) is 80.0 Å². The van der Waals surface area contributed by atoms with Crippen LogP contribution in [0.25, 0.3) is 10.9 Å². The van der Waals surface area contributed by atoms with Gasteiger partial charge in [0.1, 0.15) is 5.75 Å². The lowest BCUT2D eigenvalue weighted by Gasteiger charge is -2.32. The molecule has 1 aliphatic rings. The van der Waals surface area contributed by atoms with E-state index in [-0.39, 0.29) is 11.6 Å². The van der Waals surface area contributed by atoms with Crippen molar-refractivity contribution in [3.63, 3.8) is 0 Å². The van der Waals surface area contributed by atoms with Crippen molar-refractivity contribution in [2.75, 3.05) is 7.11 Å². The van der Waals surface area contributed by atoms with Crippen molar-refractivity contribution in [2.24, 2.45) is 0 Å². The third-order valence-corrected chi connectivity index (χ3v) is 7.57. The number of aryl methyl sites for hydroxylation is 1. The van der Waals surface area contributed by atoms with E-state index in [0.29, 0.717) is 24.7 Å². The predicted octanol–water partition coefficient (Wildman–Crippen LogP) is 5.49. The molecule has 2 heterocycles. The normalized spacial score (nSPS) is 15.4. The Balaban J connectivity index is 1.52. The number of H-pyrrole nitrogens is 1. The number of pyridine rings is 1. The molecular weight excluding hydrogens is 464 g/mol. The summed E-state index contributed by atoms with van der Waals surface area (Å²) in [6, 6.07) is 16.6. The molecule has 0 radical (unpaired) electrons. The van der Waals surface area contributed by atoms with Gasteiger partial charge in [0.2, 0.25) is 0 Å². The number of fused-ring (bicyclic) bond motifs is 1. The summed E-state index contributed by atoms with van der Waals surface area (Å²) in [7, 11) is 1.65. The van der Waals surface area contributed by atoms with E-state index in [2.05, 4.69) is 68.2 Å². The number of aromatic nitrogens is 5. The number of tetrazole rings is 1. The van der Waals surface area contributed by atoms with Crippen LogP contribution in [0.2, 0.25) is 0 Å². The molecule has 194 valence electrons. The Kier molecular flexibility index (Phi) is 7.65. The first-order valence-corrected chi connectivity index (χ1v) is 13.3. The molecule has 0 aliphatic heterocycles. The number of nitrogens with zero attached hydrogens (tertiary/aromatic N) is 5. The largest absolute Gasteiger partial charge is 0.497 e. The van der Waals surface area contributed by atoms with Gasteiger partial charge in [0.15, 0.2) is 5.82 Å². The number of nitrogens with one attached hydrogen (secondary N) is 1. The molecule has 1 N–H and O–H groups in total. The van der Waals surface area contributed by atoms with Crippen molar-refractivity contribution in [3.05, 3.63) is 81.4 Å². The number of aromatic amines is 1. The monoisotopic (exact) mass is 500 g/mol. The zero-order valence-corrected chi connectivity index (χ0v) is 22.0. The highest BCUT2D eigenvalue weighted by molar-refractivity contribution is 5.80. The van der Waals surface area contributed by atoms with Gasteiger partial charge in [-0.15, -0.1) is 5.10 Å². The van der Waals surface area contributed by atoms with E-state index in [1.54, 1.807) is 7.11 Å². The van der Waals surface area contributed by atoms with E-state index in [1.165, 1.54) is 30.4 Å². The van der Waals surface area contributed by atoms with Gasteiger partial charge in [0, 0.05) is 29.6 Å². The van der Waals surface area contributed by atoms with E-state index in [1.807, 2.05) is 24.3 Å². The maximum Gasteiger partial charge on any atom is 0.252 e. The first kappa shape index (κ1) is 25.1. The second-order valence-corrected chi connectivity index (χ2v) is 10.2. The van der Waals surface area contributed by atoms with Crippen molar-refractivity contribution < 1.29 is 4.74 Å². The molecule has 1 aliphatic carbocycles. The average Bonchev–Trinajstić information content (AvgIpc) is 3.40. The topological polar surface area (TPSA) is 88.9 Å². The molecule has 0 bridgehead atoms. The Labute approximate surface area is 217 Å². The van der Waals surface area contributed by atoms with Crippen LogP contribution in [-0.2, 0) is 13.1 Å². The second kappa shape index (κ2) is 11.3. The quantitative estimate of drug-likeness (QED) is 0.327. The summed E-state index contributed by atoms with van der Waals surface area (Å²) in [4.78, 5) is 18.6. The van der Waals surface area contributed by atoms with E-state index in [4.69, 9.17) is 4.74 Å². The summed E-state index contributed by atoms with van der Waals surface area (Å²) in [5.74, 6) is 1.65. The molecule has 0 saturated heterocycles. The maximum absolute atomic E-state index is 13.2. The van der Waals surface area contributed by atoms with Crippen LogP contribution in [0, 0.1) is 6.92 Å². The maximum atomic E-state index is 13.2. The second-order valence-electron chi connectivity index (χ2n) is 10.2. The molecule has 1 unspecified atom stereocenters. The van der Waals surface area contributed by atoms with Gasteiger partial charge in [-0.2, -0.15) is 0 Å². The third-order valence-electron chi connectivity index (χ3n) is 7.57. The summed E-state index contributed by atoms with van der Waals surface area (Å²) in [6.07, 6.45) is 6.75. The standard InChI is InChI=1S/C29H36N6O2/c1-4-27(28-31-32-33-35(28)24-8-6-5-7-9-24)34(18-21-12-10-20(2)11-13-21)19-23-16-22-17-25(37-3)14-15-26(22)30-29(23)36/h10-17,24,27H,4-9,18-19H2,1-3H3,(H,30,36). The number of benzene rings is 2. The van der Waals surface area contributed by atoms with Gasteiger partial charge >= 0.3 is 0 Å². The fourth-order valence-corrected chi connectivity index (χ4v) is 5.51. The molecule has 8 heteroatoms. The molecule has 5 rings (SSSR count). The first-order chi connectivity index (χ1) is 18.1. The number of hydrogen-bond donors (Lipinski definition) is 1. The number of ether oxygens (including phenoxy) is 1. The fraction of sp³-hybridized carbons (Fsp3) is 0.448. The highest BCUT2D eigenvalue weighted by Crippen LogP contribution is 2.33. The highest BCUT2D eigenvalue weighted by atomic mass is 16.5. The molecule has 8 nitrogen and oxygen atoms in total. The molecule has 1 saturated carbocycles. The zero-order chi connectivity index (χ0) is 25.8. The summed E-state index contributed by atoms with van der Waals surface area (Å²) in [5.41, 5.74) is 3.85. The van der Waals surface area contributed by atoms with Gasteiger partial charge in [-0.25, -0.2) is 4.68 Å². The minimum atomic E-state index is -0.0756. The first-order valence-electron chi connectivity index (χ1n) is 13.3. The molecule has 37 heavy (non-hydrogen) atoms. The molecule has 0 amide bonds. The van der Waals surface area contributed by atoms with Crippen LogP contribution in [-0.4, -0.2) is 37.2 Å². The van der Waals surface area contributed by atoms with Crippen LogP contribution in [0.3, 0.4) is 0 Å². The van der Waals surface area contributed by atoms with Gasteiger partial charge in [-0.05, 0) is 66.4 Å². The van der Waals surface area contributed by atoms with Gasteiger partial charge in [-0.3, -0.25) is 9.69 Å². The van der Waals surface area contributed by atoms with Crippen molar-refractivity contribution in [1.29, 1.82) is 0 Å². The van der Waals surface area contributed by atoms with Gasteiger partial charge in [-0.1, -0.05) is 56.0 Å². The fourth-order valence-electron chi connectivity index (χ4n) is 5.51. The van der Waals surface area contributed by atoms with Gasteiger partial charge in [0.25, 0.3) is 5.56 Å². The molecule has 0 spiro atoms.